The first kappa shape index (κ1) is 46.7. The van der Waals surface area contributed by atoms with E-state index < -0.39 is 90.2 Å². The highest BCUT2D eigenvalue weighted by Gasteiger charge is 2.54. The molecule has 0 unspecified atom stereocenters. The van der Waals surface area contributed by atoms with Crippen LogP contribution < -0.4 is 26.6 Å². The topological polar surface area (TPSA) is 347 Å². The van der Waals surface area contributed by atoms with Gasteiger partial charge in [-0.3, -0.25) is 18.9 Å². The smallest absolute Gasteiger partial charge is 0.397 e. The molecule has 4 aliphatic rings. The molecule has 11 N–H and O–H groups in total. The number of hydrogen-bond acceptors (Lipinski definition) is 17. The van der Waals surface area contributed by atoms with Crippen LogP contribution in [0.2, 0.25) is 0 Å². The lowest BCUT2D eigenvalue weighted by Gasteiger charge is -2.47. The van der Waals surface area contributed by atoms with Crippen LogP contribution in [-0.2, 0) is 52.7 Å². The van der Waals surface area contributed by atoms with E-state index in [1.54, 1.807) is 0 Å². The van der Waals surface area contributed by atoms with Crippen LogP contribution in [-0.4, -0.2) is 179 Å². The number of aliphatic hydroxyl groups is 4. The molecule has 13 atom stereocenters. The summed E-state index contributed by atoms with van der Waals surface area (Å²) in [6, 6.07) is -1.38. The first-order chi connectivity index (χ1) is 27.0. The molecule has 4 rings (SSSR count). The van der Waals surface area contributed by atoms with Gasteiger partial charge in [-0.1, -0.05) is 12.8 Å². The van der Waals surface area contributed by atoms with E-state index in [1.807, 2.05) is 11.8 Å². The molecule has 23 nitrogen and oxygen atoms in total. The van der Waals surface area contributed by atoms with Crippen molar-refractivity contribution in [3.63, 3.8) is 0 Å². The van der Waals surface area contributed by atoms with E-state index >= 15 is 0 Å². The van der Waals surface area contributed by atoms with Crippen molar-refractivity contribution in [1.82, 2.24) is 26.6 Å². The van der Waals surface area contributed by atoms with Crippen LogP contribution in [0.25, 0.3) is 0 Å². The van der Waals surface area contributed by atoms with Crippen molar-refractivity contribution in [2.45, 2.75) is 137 Å². The summed E-state index contributed by atoms with van der Waals surface area (Å²) in [5.41, 5.74) is 0. The van der Waals surface area contributed by atoms with Crippen molar-refractivity contribution < 1.29 is 85.6 Å². The number of carboxylic acid groups (broad SMARTS) is 1. The number of nitrogens with one attached hydrogen (secondary N) is 5. The Morgan fingerprint density at radius 1 is 0.895 bits per heavy atom. The van der Waals surface area contributed by atoms with Gasteiger partial charge in [-0.05, 0) is 25.7 Å². The summed E-state index contributed by atoms with van der Waals surface area (Å²) in [6.07, 6.45) is -12.7. The molecule has 0 bridgehead atoms. The van der Waals surface area contributed by atoms with Crippen molar-refractivity contribution in [3.05, 3.63) is 0 Å². The third-order valence-corrected chi connectivity index (χ3v) is 11.7. The van der Waals surface area contributed by atoms with Gasteiger partial charge >= 0.3 is 22.4 Å². The summed E-state index contributed by atoms with van der Waals surface area (Å²) in [6.45, 7) is 0.186. The molecule has 25 heteroatoms. The van der Waals surface area contributed by atoms with E-state index in [4.69, 9.17) is 18.9 Å². The molecular formula is C32H53N5O18S2. The van der Waals surface area contributed by atoms with Gasteiger partial charge in [0.05, 0.1) is 25.3 Å². The quantitative estimate of drug-likeness (QED) is 0.0283. The zero-order valence-electron chi connectivity index (χ0n) is 31.1. The van der Waals surface area contributed by atoms with Crippen LogP contribution >= 0.6 is 11.8 Å². The first-order valence-electron chi connectivity index (χ1n) is 18.6. The fraction of sp³-hybridized carbons (Fsp3) is 0.844. The van der Waals surface area contributed by atoms with Gasteiger partial charge in [-0.2, -0.15) is 20.2 Å². The third-order valence-electron chi connectivity index (χ3n) is 9.72. The van der Waals surface area contributed by atoms with Gasteiger partial charge in [0.25, 0.3) is 0 Å². The van der Waals surface area contributed by atoms with Crippen LogP contribution in [0.15, 0.2) is 0 Å². The molecule has 57 heavy (non-hydrogen) atoms. The molecular weight excluding hydrogens is 807 g/mol. The van der Waals surface area contributed by atoms with E-state index in [1.165, 1.54) is 0 Å². The first-order valence-corrected chi connectivity index (χ1v) is 21.0. The minimum Gasteiger partial charge on any atom is -0.479 e. The van der Waals surface area contributed by atoms with Gasteiger partial charge in [0.2, 0.25) is 17.7 Å². The average Bonchev–Trinajstić information content (AvgIpc) is 3.69. The lowest BCUT2D eigenvalue weighted by molar-refractivity contribution is -0.337. The van der Waals surface area contributed by atoms with Crippen LogP contribution in [0, 0.1) is 0 Å². The molecule has 0 aliphatic carbocycles. The summed E-state index contributed by atoms with van der Waals surface area (Å²) in [7, 11) is -5.31. The maximum absolute atomic E-state index is 12.4. The number of ether oxygens (including phenoxy) is 4. The Balaban J connectivity index is 1.19. The predicted octanol–water partition coefficient (Wildman–Crippen LogP) is -3.79. The van der Waals surface area contributed by atoms with E-state index in [-0.39, 0.29) is 49.5 Å². The zero-order chi connectivity index (χ0) is 41.9. The standard InChI is InChI=1S/C32H53N5O18S2/c1-15(39)35-22-27(53-31-25(44)23(42)24(43)28(54-31)29(45)46)26(55-57(48,49)50)17(13-38)52-30(22)51-12-11-34-20(41)8-3-2-6-10-33-19(40)9-5-4-7-18-21-16(14-56-18)36-32(47)37-21/h16-18,21-28,30-31,38,42-44H,2-14H2,1H3,(H,33,40)(H,34,41)(H,35,39)(H,45,46)(H2,36,37,47)(H,48,49,50)/t16-,17+,18-,21-,22+,23-,24-,25+,26-,27+,28-,30+,31+/m0/s1. The van der Waals surface area contributed by atoms with Crippen molar-refractivity contribution in [3.8, 4) is 0 Å². The summed E-state index contributed by atoms with van der Waals surface area (Å²) < 4.78 is 59.8. The summed E-state index contributed by atoms with van der Waals surface area (Å²) in [5.74, 6) is -1.99. The number of carbonyl (C=O) groups excluding carboxylic acids is 4. The number of carbonyl (C=O) groups is 5. The van der Waals surface area contributed by atoms with Crippen molar-refractivity contribution in [2.24, 2.45) is 0 Å². The van der Waals surface area contributed by atoms with E-state index in [2.05, 4.69) is 30.8 Å². The molecule has 0 radical (unpaired) electrons. The second-order valence-electron chi connectivity index (χ2n) is 14.0. The number of rotatable bonds is 22. The SMILES string of the molecule is CC(=O)N[C@H]1[C@H](OCCNC(=O)CCCCCNC(=O)CCCC[C@@H]2SC[C@@H]3NC(=O)N[C@@H]32)O[C@H](CO)[C@H](OS(=O)(=O)O)[C@@H]1O[C@@H]1O[C@H](C(=O)O)[C@@H](O)[C@H](O)[C@H]1O. The number of aliphatic carboxylic acids is 1. The summed E-state index contributed by atoms with van der Waals surface area (Å²) in [5, 5.41) is 64.4. The highest BCUT2D eigenvalue weighted by molar-refractivity contribution is 8.00. The van der Waals surface area contributed by atoms with Gasteiger partial charge in [0.1, 0.15) is 42.7 Å². The van der Waals surface area contributed by atoms with Crippen molar-refractivity contribution in [2.75, 3.05) is 32.1 Å². The van der Waals surface area contributed by atoms with Crippen LogP contribution in [0.3, 0.4) is 0 Å². The maximum atomic E-state index is 12.4. The van der Waals surface area contributed by atoms with Crippen LogP contribution in [0.1, 0.15) is 58.3 Å². The highest BCUT2D eigenvalue weighted by atomic mass is 32.3. The Morgan fingerprint density at radius 2 is 1.58 bits per heavy atom. The number of fused-ring (bicyclic) bond motifs is 1. The van der Waals surface area contributed by atoms with Gasteiger partial charge in [-0.25, -0.2) is 13.8 Å². The molecule has 5 amide bonds. The van der Waals surface area contributed by atoms with Gasteiger partial charge in [0, 0.05) is 43.9 Å². The van der Waals surface area contributed by atoms with Crippen LogP contribution in [0.4, 0.5) is 4.79 Å². The maximum Gasteiger partial charge on any atom is 0.397 e. The van der Waals surface area contributed by atoms with E-state index in [0.717, 1.165) is 31.9 Å². The van der Waals surface area contributed by atoms with Crippen LogP contribution in [0.5, 0.6) is 0 Å². The Bertz CT molecular complexity index is 1500. The molecule has 4 heterocycles. The molecule has 4 fully saturated rings. The normalized spacial score (nSPS) is 33.8. The fourth-order valence-corrected chi connectivity index (χ4v) is 9.01. The van der Waals surface area contributed by atoms with E-state index in [0.29, 0.717) is 37.5 Å². The Labute approximate surface area is 332 Å². The Hall–Kier alpha value is -2.95. The Kier molecular flexibility index (Phi) is 17.9. The van der Waals surface area contributed by atoms with Gasteiger partial charge in [0.15, 0.2) is 18.7 Å². The highest BCUT2D eigenvalue weighted by Crippen LogP contribution is 2.34. The van der Waals surface area contributed by atoms with E-state index in [9.17, 15) is 62.5 Å². The molecule has 0 saturated carbocycles. The second kappa shape index (κ2) is 21.9. The minimum absolute atomic E-state index is 0.0433. The monoisotopic (exact) mass is 859 g/mol. The molecule has 326 valence electrons. The second-order valence-corrected chi connectivity index (χ2v) is 16.3. The lowest BCUT2D eigenvalue weighted by atomic mass is 9.95. The number of urea groups is 1. The molecule has 0 aromatic carbocycles. The predicted molar refractivity (Wildman–Crippen MR) is 193 cm³/mol. The summed E-state index contributed by atoms with van der Waals surface area (Å²) in [4.78, 5) is 60.0. The fourth-order valence-electron chi connectivity index (χ4n) is 6.95. The van der Waals surface area contributed by atoms with Gasteiger partial charge in [-0.15, -0.1) is 0 Å². The molecule has 0 aromatic rings. The molecule has 4 saturated heterocycles. The minimum atomic E-state index is -5.31. The zero-order valence-corrected chi connectivity index (χ0v) is 32.7. The number of amides is 5. The number of carboxylic acids is 1. The number of thioether (sulfide) groups is 1. The molecule has 0 aromatic heterocycles. The number of unbranched alkanes of at least 4 members (excludes halogenated alkanes) is 3. The molecule has 4 aliphatic heterocycles. The van der Waals surface area contributed by atoms with Crippen molar-refractivity contribution in [1.29, 1.82) is 0 Å². The third kappa shape index (κ3) is 13.8. The lowest BCUT2D eigenvalue weighted by Crippen LogP contribution is -2.69. The van der Waals surface area contributed by atoms with Crippen molar-refractivity contribution >= 4 is 51.9 Å². The largest absolute Gasteiger partial charge is 0.479 e. The Morgan fingerprint density at radius 3 is 2.23 bits per heavy atom. The van der Waals surface area contributed by atoms with Gasteiger partial charge < -0.3 is 71.1 Å². The average molecular weight is 860 g/mol. The number of hydrogen-bond donors (Lipinski definition) is 11. The number of aliphatic hydroxyl groups excluding tert-OH is 4. The summed E-state index contributed by atoms with van der Waals surface area (Å²) >= 11 is 1.84. The molecule has 0 spiro atoms.